The number of aromatic nitrogens is 1. The Morgan fingerprint density at radius 3 is 2.57 bits per heavy atom. The fourth-order valence-corrected chi connectivity index (χ4v) is 4.45. The van der Waals surface area contributed by atoms with E-state index in [2.05, 4.69) is 43.4 Å². The van der Waals surface area contributed by atoms with Crippen LogP contribution in [-0.4, -0.2) is 49.0 Å². The van der Waals surface area contributed by atoms with Crippen molar-refractivity contribution in [2.45, 2.75) is 6.42 Å². The lowest BCUT2D eigenvalue weighted by Crippen LogP contribution is -3.09. The molecule has 0 radical (unpaired) electrons. The van der Waals surface area contributed by atoms with E-state index < -0.39 is 0 Å². The maximum absolute atomic E-state index is 13.6. The zero-order chi connectivity index (χ0) is 20.5. The minimum Gasteiger partial charge on any atom is -0.336 e. The summed E-state index contributed by atoms with van der Waals surface area (Å²) in [7, 11) is 2.20. The highest BCUT2D eigenvalue weighted by molar-refractivity contribution is 6.08. The highest BCUT2D eigenvalue weighted by Crippen LogP contribution is 2.31. The Morgan fingerprint density at radius 2 is 1.67 bits per heavy atom. The topological polar surface area (TPSA) is 37.6 Å². The molecule has 0 bridgehead atoms. The van der Waals surface area contributed by atoms with E-state index in [-0.39, 0.29) is 5.91 Å². The van der Waals surface area contributed by atoms with E-state index >= 15 is 0 Å². The van der Waals surface area contributed by atoms with Crippen molar-refractivity contribution in [3.63, 3.8) is 0 Å². The third kappa shape index (κ3) is 3.44. The first-order valence-electron chi connectivity index (χ1n) is 10.7. The summed E-state index contributed by atoms with van der Waals surface area (Å²) in [6, 6.07) is 24.6. The number of carbonyl (C=O) groups is 1. The van der Waals surface area contributed by atoms with Gasteiger partial charge in [0.05, 0.1) is 43.5 Å². The smallest absolute Gasteiger partial charge is 0.254 e. The molecular weight excluding hydrogens is 370 g/mol. The van der Waals surface area contributed by atoms with Crippen molar-refractivity contribution >= 4 is 27.6 Å². The molecule has 1 amide bonds. The third-order valence-electron chi connectivity index (χ3n) is 6.14. The summed E-state index contributed by atoms with van der Waals surface area (Å²) < 4.78 is 0. The van der Waals surface area contributed by atoms with Crippen LogP contribution in [0.15, 0.2) is 72.8 Å². The fourth-order valence-electron chi connectivity index (χ4n) is 4.45. The minimum absolute atomic E-state index is 0.116. The maximum atomic E-state index is 13.6. The quantitative estimate of drug-likeness (QED) is 0.564. The number of carbonyl (C=O) groups excluding carboxylic acids is 1. The molecule has 30 heavy (non-hydrogen) atoms. The SMILES string of the molecule is C[NH+]1CCCN(C(=O)c2cc(-c3cccc4ccccc34)nc3ccccc23)CC1. The second kappa shape index (κ2) is 7.88. The Hall–Kier alpha value is -3.24. The van der Waals surface area contributed by atoms with Gasteiger partial charge in [0.15, 0.2) is 0 Å². The van der Waals surface area contributed by atoms with E-state index in [1.54, 1.807) is 0 Å². The van der Waals surface area contributed by atoms with E-state index in [9.17, 15) is 4.79 Å². The number of fused-ring (bicyclic) bond motifs is 2. The molecule has 0 saturated carbocycles. The maximum Gasteiger partial charge on any atom is 0.254 e. The monoisotopic (exact) mass is 396 g/mol. The van der Waals surface area contributed by atoms with Gasteiger partial charge in [0, 0.05) is 23.9 Å². The van der Waals surface area contributed by atoms with Crippen LogP contribution in [0, 0.1) is 0 Å². The molecule has 1 unspecified atom stereocenters. The van der Waals surface area contributed by atoms with E-state index in [0.717, 1.165) is 65.7 Å². The molecule has 0 aliphatic carbocycles. The van der Waals surface area contributed by atoms with E-state index in [0.29, 0.717) is 0 Å². The minimum atomic E-state index is 0.116. The standard InChI is InChI=1S/C26H25N3O/c1-28-14-7-15-29(17-16-28)26(30)23-18-25(27-24-13-5-4-11-22(23)24)21-12-6-9-19-8-2-3-10-20(19)21/h2-6,8-13,18H,7,14-17H2,1H3/p+1. The molecule has 1 atom stereocenters. The molecule has 4 heteroatoms. The van der Waals surface area contributed by atoms with Gasteiger partial charge < -0.3 is 9.80 Å². The number of hydrogen-bond acceptors (Lipinski definition) is 2. The normalized spacial score (nSPS) is 17.2. The molecule has 150 valence electrons. The lowest BCUT2D eigenvalue weighted by molar-refractivity contribution is -0.877. The zero-order valence-corrected chi connectivity index (χ0v) is 17.3. The number of quaternary nitrogens is 1. The lowest BCUT2D eigenvalue weighted by Gasteiger charge is -2.21. The predicted molar refractivity (Wildman–Crippen MR) is 122 cm³/mol. The molecule has 1 fully saturated rings. The van der Waals surface area contributed by atoms with Crippen molar-refractivity contribution < 1.29 is 9.69 Å². The predicted octanol–water partition coefficient (Wildman–Crippen LogP) is 3.42. The Balaban J connectivity index is 1.66. The number of nitrogens with zero attached hydrogens (tertiary/aromatic N) is 2. The Labute approximate surface area is 176 Å². The van der Waals surface area contributed by atoms with Gasteiger partial charge in [-0.05, 0) is 22.9 Å². The Bertz CT molecular complexity index is 1230. The molecule has 1 aromatic heterocycles. The summed E-state index contributed by atoms with van der Waals surface area (Å²) in [6.45, 7) is 3.72. The molecule has 4 aromatic rings. The number of pyridine rings is 1. The average Bonchev–Trinajstić information content (AvgIpc) is 3.02. The van der Waals surface area contributed by atoms with Gasteiger partial charge in [0.1, 0.15) is 0 Å². The second-order valence-electron chi connectivity index (χ2n) is 8.20. The highest BCUT2D eigenvalue weighted by Gasteiger charge is 2.23. The number of hydrogen-bond donors (Lipinski definition) is 1. The number of rotatable bonds is 2. The number of para-hydroxylation sites is 1. The number of likely N-dealkylation sites (N-methyl/N-ethyl adjacent to an activating group) is 1. The number of benzene rings is 3. The molecule has 2 heterocycles. The van der Waals surface area contributed by atoms with Crippen molar-refractivity contribution in [2.75, 3.05) is 33.2 Å². The van der Waals surface area contributed by atoms with Gasteiger partial charge in [-0.1, -0.05) is 60.7 Å². The van der Waals surface area contributed by atoms with Gasteiger partial charge >= 0.3 is 0 Å². The van der Waals surface area contributed by atoms with Crippen molar-refractivity contribution in [1.82, 2.24) is 9.88 Å². The zero-order valence-electron chi connectivity index (χ0n) is 17.3. The molecular formula is C26H26N3O+. The van der Waals surface area contributed by atoms with Gasteiger partial charge in [-0.2, -0.15) is 0 Å². The van der Waals surface area contributed by atoms with Crippen molar-refractivity contribution in [3.05, 3.63) is 78.4 Å². The first-order valence-corrected chi connectivity index (χ1v) is 10.7. The van der Waals surface area contributed by atoms with Crippen molar-refractivity contribution in [1.29, 1.82) is 0 Å². The van der Waals surface area contributed by atoms with Gasteiger partial charge in [-0.15, -0.1) is 0 Å². The molecule has 1 aliphatic rings. The summed E-state index contributed by atoms with van der Waals surface area (Å²) in [4.78, 5) is 22.1. The fraction of sp³-hybridized carbons (Fsp3) is 0.231. The molecule has 4 nitrogen and oxygen atoms in total. The molecule has 0 spiro atoms. The highest BCUT2D eigenvalue weighted by atomic mass is 16.2. The first kappa shape index (κ1) is 18.8. The van der Waals surface area contributed by atoms with Crippen molar-refractivity contribution in [3.8, 4) is 11.3 Å². The van der Waals surface area contributed by atoms with Gasteiger partial charge in [-0.25, -0.2) is 4.98 Å². The molecule has 3 aromatic carbocycles. The van der Waals surface area contributed by atoms with Gasteiger partial charge in [-0.3, -0.25) is 4.79 Å². The van der Waals surface area contributed by atoms with Gasteiger partial charge in [0.2, 0.25) is 0 Å². The Kier molecular flexibility index (Phi) is 4.93. The first-order chi connectivity index (χ1) is 14.7. The largest absolute Gasteiger partial charge is 0.336 e. The molecule has 1 N–H and O–H groups in total. The summed E-state index contributed by atoms with van der Waals surface area (Å²) in [6.07, 6.45) is 1.04. The lowest BCUT2D eigenvalue weighted by atomic mass is 9.98. The summed E-state index contributed by atoms with van der Waals surface area (Å²) >= 11 is 0. The van der Waals surface area contributed by atoms with Crippen LogP contribution < -0.4 is 4.90 Å². The van der Waals surface area contributed by atoms with Crippen LogP contribution in [0.1, 0.15) is 16.8 Å². The number of amides is 1. The molecule has 1 aliphatic heterocycles. The second-order valence-corrected chi connectivity index (χ2v) is 8.20. The van der Waals surface area contributed by atoms with Gasteiger partial charge in [0.25, 0.3) is 5.91 Å². The Morgan fingerprint density at radius 1 is 0.900 bits per heavy atom. The van der Waals surface area contributed by atoms with E-state index in [4.69, 9.17) is 4.98 Å². The molecule has 5 rings (SSSR count). The van der Waals surface area contributed by atoms with Crippen molar-refractivity contribution in [2.24, 2.45) is 0 Å². The average molecular weight is 397 g/mol. The van der Waals surface area contributed by atoms with Crippen LogP contribution in [-0.2, 0) is 0 Å². The van der Waals surface area contributed by atoms with E-state index in [1.807, 2.05) is 41.3 Å². The van der Waals surface area contributed by atoms with Crippen LogP contribution in [0.25, 0.3) is 32.9 Å². The van der Waals surface area contributed by atoms with Crippen LogP contribution in [0.4, 0.5) is 0 Å². The van der Waals surface area contributed by atoms with Crippen LogP contribution in [0.5, 0.6) is 0 Å². The summed E-state index contributed by atoms with van der Waals surface area (Å²) in [5, 5.41) is 3.26. The summed E-state index contributed by atoms with van der Waals surface area (Å²) in [5.41, 5.74) is 3.53. The van der Waals surface area contributed by atoms with Crippen LogP contribution in [0.3, 0.4) is 0 Å². The number of nitrogens with one attached hydrogen (secondary N) is 1. The summed E-state index contributed by atoms with van der Waals surface area (Å²) in [5.74, 6) is 0.116. The third-order valence-corrected chi connectivity index (χ3v) is 6.14. The van der Waals surface area contributed by atoms with Crippen LogP contribution >= 0.6 is 0 Å². The molecule has 1 saturated heterocycles. The van der Waals surface area contributed by atoms with E-state index in [1.165, 1.54) is 10.3 Å². The van der Waals surface area contributed by atoms with Crippen LogP contribution in [0.2, 0.25) is 0 Å².